The van der Waals surface area contributed by atoms with Crippen molar-refractivity contribution in [1.82, 2.24) is 19.5 Å². The Morgan fingerprint density at radius 2 is 1.51 bits per heavy atom. The fourth-order valence-corrected chi connectivity index (χ4v) is 5.04. The summed E-state index contributed by atoms with van der Waals surface area (Å²) in [6.45, 7) is -0.182. The first kappa shape index (κ1) is 28.4. The van der Waals surface area contributed by atoms with Gasteiger partial charge in [0.25, 0.3) is 0 Å². The molecule has 0 aliphatic heterocycles. The molecule has 0 fully saturated rings. The van der Waals surface area contributed by atoms with Crippen LogP contribution in [0, 0.1) is 0 Å². The van der Waals surface area contributed by atoms with Gasteiger partial charge in [0.05, 0.1) is 20.0 Å². The largest absolute Gasteiger partial charge is 0.497 e. The number of anilines is 1. The first-order chi connectivity index (χ1) is 19.9. The summed E-state index contributed by atoms with van der Waals surface area (Å²) in [6.07, 6.45) is -3.60. The molecule has 2 aromatic heterocycles. The summed E-state index contributed by atoms with van der Waals surface area (Å²) in [7, 11) is 2.98. The van der Waals surface area contributed by atoms with E-state index in [4.69, 9.17) is 31.5 Å². The molecule has 0 saturated heterocycles. The average molecular weight is 578 g/mol. The molecule has 2 heterocycles. The predicted octanol–water partition coefficient (Wildman–Crippen LogP) is 4.92. The average Bonchev–Trinajstić information content (AvgIpc) is 3.44. The first-order valence-corrected chi connectivity index (χ1v) is 13.2. The maximum Gasteiger partial charge on any atom is 0.226 e. The summed E-state index contributed by atoms with van der Waals surface area (Å²) < 4.78 is 34.6. The molecule has 0 aliphatic carbocycles. The minimum absolute atomic E-state index is 0.00191. The number of hydrogen-bond acceptors (Lipinski definition) is 8. The molecular weight excluding hydrogens is 549 g/mol. The fourth-order valence-electron chi connectivity index (χ4n) is 4.87. The summed E-state index contributed by atoms with van der Waals surface area (Å²) in [5.41, 5.74) is 7.42. The predicted molar refractivity (Wildman–Crippen MR) is 153 cm³/mol. The molecular formula is C30H29ClFN5O4. The lowest BCUT2D eigenvalue weighted by Crippen LogP contribution is -2.42. The van der Waals surface area contributed by atoms with Crippen LogP contribution < -0.4 is 10.5 Å². The zero-order valence-electron chi connectivity index (χ0n) is 22.4. The van der Waals surface area contributed by atoms with E-state index in [1.165, 1.54) is 13.4 Å². The number of halogens is 2. The number of fused-ring (bicyclic) bond motifs is 1. The number of methoxy groups -OCH3 is 2. The minimum Gasteiger partial charge on any atom is -0.497 e. The number of benzene rings is 3. The van der Waals surface area contributed by atoms with Crippen LogP contribution in [0.5, 0.6) is 5.75 Å². The SMILES string of the molecule is COc1ccc(C(OC[C@@H](OC)[C@@H](O)[C@H](F)n2cnc3c(N)nc(Cl)nc32)(c2ccccc2)c2ccccc2)cc1. The molecule has 0 saturated carbocycles. The highest BCUT2D eigenvalue weighted by Gasteiger charge is 2.40. The number of ether oxygens (including phenoxy) is 3. The van der Waals surface area contributed by atoms with Crippen LogP contribution >= 0.6 is 11.6 Å². The van der Waals surface area contributed by atoms with Gasteiger partial charge in [0.15, 0.2) is 11.5 Å². The number of aliphatic hydroxyl groups is 1. The van der Waals surface area contributed by atoms with Crippen molar-refractivity contribution in [3.63, 3.8) is 0 Å². The van der Waals surface area contributed by atoms with E-state index in [0.29, 0.717) is 5.75 Å². The highest BCUT2D eigenvalue weighted by Crippen LogP contribution is 2.41. The van der Waals surface area contributed by atoms with E-state index >= 15 is 4.39 Å². The molecule has 41 heavy (non-hydrogen) atoms. The Balaban J connectivity index is 1.53. The lowest BCUT2D eigenvalue weighted by atomic mass is 9.80. The zero-order valence-corrected chi connectivity index (χ0v) is 23.1. The van der Waals surface area contributed by atoms with Crippen LogP contribution in [0.15, 0.2) is 91.3 Å². The van der Waals surface area contributed by atoms with Gasteiger partial charge in [-0.1, -0.05) is 72.8 Å². The molecule has 3 atom stereocenters. The molecule has 5 aromatic rings. The number of nitrogens with two attached hydrogens (primary N) is 1. The van der Waals surface area contributed by atoms with Gasteiger partial charge in [0, 0.05) is 7.11 Å². The highest BCUT2D eigenvalue weighted by atomic mass is 35.5. The number of aromatic nitrogens is 4. The molecule has 0 radical (unpaired) electrons. The van der Waals surface area contributed by atoms with Crippen molar-refractivity contribution in [2.75, 3.05) is 26.6 Å². The van der Waals surface area contributed by atoms with Crippen LogP contribution in [0.3, 0.4) is 0 Å². The maximum atomic E-state index is 15.8. The molecule has 9 nitrogen and oxygen atoms in total. The number of hydrogen-bond donors (Lipinski definition) is 2. The molecule has 11 heteroatoms. The van der Waals surface area contributed by atoms with Crippen LogP contribution in [-0.2, 0) is 15.1 Å². The summed E-state index contributed by atoms with van der Waals surface area (Å²) in [6, 6.07) is 26.9. The van der Waals surface area contributed by atoms with Crippen molar-refractivity contribution >= 4 is 28.6 Å². The smallest absolute Gasteiger partial charge is 0.226 e. The van der Waals surface area contributed by atoms with Crippen LogP contribution in [0.1, 0.15) is 23.0 Å². The van der Waals surface area contributed by atoms with Crippen LogP contribution in [-0.4, -0.2) is 57.7 Å². The number of aliphatic hydroxyl groups excluding tert-OH is 1. The van der Waals surface area contributed by atoms with E-state index in [0.717, 1.165) is 21.3 Å². The van der Waals surface area contributed by atoms with Crippen molar-refractivity contribution in [2.45, 2.75) is 24.1 Å². The molecule has 0 amide bonds. The normalized spacial score (nSPS) is 14.1. The van der Waals surface area contributed by atoms with Gasteiger partial charge in [-0.3, -0.25) is 4.57 Å². The number of rotatable bonds is 11. The second kappa shape index (κ2) is 12.2. The van der Waals surface area contributed by atoms with E-state index in [2.05, 4.69) is 15.0 Å². The summed E-state index contributed by atoms with van der Waals surface area (Å²) in [5, 5.41) is 11.0. The Bertz CT molecular complexity index is 1550. The van der Waals surface area contributed by atoms with E-state index in [-0.39, 0.29) is 28.9 Å². The molecule has 5 rings (SSSR count). The van der Waals surface area contributed by atoms with E-state index in [1.54, 1.807) is 7.11 Å². The molecule has 0 bridgehead atoms. The standard InChI is InChI=1S/C30H29ClFN5O4/c1-39-22-15-13-21(14-16-22)30(19-9-5-3-6-10-19,20-11-7-4-8-12-20)41-17-23(40-2)25(38)26(32)37-18-34-24-27(33)35-29(31)36-28(24)37/h3-16,18,23,25-26,38H,17H2,1-2H3,(H2,33,35,36)/t23-,25-,26-/m1/s1. The monoisotopic (exact) mass is 577 g/mol. The van der Waals surface area contributed by atoms with Gasteiger partial charge in [0.2, 0.25) is 11.6 Å². The zero-order chi connectivity index (χ0) is 29.0. The highest BCUT2D eigenvalue weighted by molar-refractivity contribution is 6.28. The lowest BCUT2D eigenvalue weighted by Gasteiger charge is -2.37. The topological polar surface area (TPSA) is 118 Å². The molecule has 3 N–H and O–H groups in total. The van der Waals surface area contributed by atoms with E-state index < -0.39 is 24.1 Å². The molecule has 0 unspecified atom stereocenters. The third kappa shape index (κ3) is 5.47. The number of alkyl halides is 1. The Morgan fingerprint density at radius 1 is 0.927 bits per heavy atom. The van der Waals surface area contributed by atoms with E-state index in [1.807, 2.05) is 84.9 Å². The van der Waals surface area contributed by atoms with Crippen LogP contribution in [0.2, 0.25) is 5.28 Å². The minimum atomic E-state index is -2.01. The van der Waals surface area contributed by atoms with Gasteiger partial charge in [-0.25, -0.2) is 9.37 Å². The van der Waals surface area contributed by atoms with Gasteiger partial charge in [-0.15, -0.1) is 0 Å². The Labute approximate surface area is 241 Å². The lowest BCUT2D eigenvalue weighted by molar-refractivity contribution is -0.122. The van der Waals surface area contributed by atoms with E-state index in [9.17, 15) is 5.11 Å². The number of nitrogen functional groups attached to an aromatic ring is 1. The number of nitrogens with zero attached hydrogens (tertiary/aromatic N) is 4. The molecule has 0 aliphatic rings. The van der Waals surface area contributed by atoms with Crippen LogP contribution in [0.25, 0.3) is 11.2 Å². The quantitative estimate of drug-likeness (QED) is 0.168. The maximum absolute atomic E-state index is 15.8. The van der Waals surface area contributed by atoms with Gasteiger partial charge in [0.1, 0.15) is 29.1 Å². The third-order valence-corrected chi connectivity index (χ3v) is 7.14. The number of imidazole rings is 1. The summed E-state index contributed by atoms with van der Waals surface area (Å²) in [5.74, 6) is 0.688. The summed E-state index contributed by atoms with van der Waals surface area (Å²) in [4.78, 5) is 12.0. The molecule has 3 aromatic carbocycles. The van der Waals surface area contributed by atoms with Crippen molar-refractivity contribution in [1.29, 1.82) is 0 Å². The second-order valence-electron chi connectivity index (χ2n) is 9.29. The fraction of sp³-hybridized carbons (Fsp3) is 0.233. The Morgan fingerprint density at radius 3 is 2.07 bits per heavy atom. The summed E-state index contributed by atoms with van der Waals surface area (Å²) >= 11 is 5.94. The van der Waals surface area contributed by atoms with Crippen molar-refractivity contribution < 1.29 is 23.7 Å². The van der Waals surface area contributed by atoms with Crippen molar-refractivity contribution in [3.8, 4) is 5.75 Å². The van der Waals surface area contributed by atoms with Crippen molar-refractivity contribution in [3.05, 3.63) is 113 Å². The molecule has 212 valence electrons. The van der Waals surface area contributed by atoms with Crippen LogP contribution in [0.4, 0.5) is 10.2 Å². The molecule has 0 spiro atoms. The van der Waals surface area contributed by atoms with Crippen molar-refractivity contribution in [2.24, 2.45) is 0 Å². The Kier molecular flexibility index (Phi) is 8.46. The van der Waals surface area contributed by atoms with Gasteiger partial charge >= 0.3 is 0 Å². The van der Waals surface area contributed by atoms with Gasteiger partial charge < -0.3 is 25.1 Å². The second-order valence-corrected chi connectivity index (χ2v) is 9.63. The Hall–Kier alpha value is -4.09. The van der Waals surface area contributed by atoms with Gasteiger partial charge in [-0.05, 0) is 40.4 Å². The first-order valence-electron chi connectivity index (χ1n) is 12.8. The third-order valence-electron chi connectivity index (χ3n) is 6.97. The van der Waals surface area contributed by atoms with Gasteiger partial charge in [-0.2, -0.15) is 9.97 Å².